The minimum atomic E-state index is -1.90. The molecular formula is C44H47ClO5. The number of halogens is 1. The Hall–Kier alpha value is -3.81. The van der Waals surface area contributed by atoms with Gasteiger partial charge in [-0.1, -0.05) is 152 Å². The molecule has 260 valence electrons. The van der Waals surface area contributed by atoms with Gasteiger partial charge in [0.1, 0.15) is 23.9 Å². The van der Waals surface area contributed by atoms with Crippen LogP contribution in [0.25, 0.3) is 0 Å². The van der Waals surface area contributed by atoms with Crippen molar-refractivity contribution < 1.29 is 24.1 Å². The van der Waals surface area contributed by atoms with Gasteiger partial charge in [0.2, 0.25) is 5.79 Å². The quantitative estimate of drug-likeness (QED) is 0.126. The number of aryl methyl sites for hydroxylation is 1. The summed E-state index contributed by atoms with van der Waals surface area (Å²) >= 11 is 6.82. The highest BCUT2D eigenvalue weighted by molar-refractivity contribution is 6.31. The van der Waals surface area contributed by atoms with E-state index >= 15 is 0 Å². The van der Waals surface area contributed by atoms with Gasteiger partial charge in [0.15, 0.2) is 0 Å². The molecule has 0 radical (unpaired) electrons. The van der Waals surface area contributed by atoms with E-state index in [9.17, 15) is 5.11 Å². The van der Waals surface area contributed by atoms with E-state index in [1.165, 1.54) is 5.56 Å². The second-order valence-corrected chi connectivity index (χ2v) is 13.6. The molecule has 0 aromatic heterocycles. The molecule has 6 heteroatoms. The third-order valence-corrected chi connectivity index (χ3v) is 10.2. The molecule has 4 atom stereocenters. The molecule has 1 fully saturated rings. The molecule has 2 unspecified atom stereocenters. The number of hydrogen-bond acceptors (Lipinski definition) is 5. The Labute approximate surface area is 301 Å². The summed E-state index contributed by atoms with van der Waals surface area (Å²) in [7, 11) is 0. The van der Waals surface area contributed by atoms with Crippen molar-refractivity contribution >= 4 is 11.6 Å². The zero-order valence-corrected chi connectivity index (χ0v) is 29.9. The van der Waals surface area contributed by atoms with Gasteiger partial charge in [-0.15, -0.1) is 0 Å². The van der Waals surface area contributed by atoms with Gasteiger partial charge >= 0.3 is 0 Å². The van der Waals surface area contributed by atoms with Gasteiger partial charge in [-0.2, -0.15) is 0 Å². The van der Waals surface area contributed by atoms with Crippen LogP contribution in [0, 0.1) is 6.92 Å². The van der Waals surface area contributed by atoms with Crippen molar-refractivity contribution in [3.8, 4) is 0 Å². The van der Waals surface area contributed by atoms with Crippen LogP contribution >= 0.6 is 11.6 Å². The van der Waals surface area contributed by atoms with Crippen molar-refractivity contribution in [2.45, 2.75) is 89.6 Å². The molecule has 5 nitrogen and oxygen atoms in total. The molecule has 0 spiro atoms. The number of hydrogen-bond donors (Lipinski definition) is 1. The van der Waals surface area contributed by atoms with Crippen LogP contribution in [0.2, 0.25) is 5.02 Å². The Balaban J connectivity index is 1.45. The van der Waals surface area contributed by atoms with E-state index in [-0.39, 0.29) is 6.61 Å². The van der Waals surface area contributed by atoms with Crippen LogP contribution in [0.4, 0.5) is 0 Å². The molecule has 1 heterocycles. The van der Waals surface area contributed by atoms with Crippen LogP contribution in [0.15, 0.2) is 133 Å². The molecule has 1 aliphatic heterocycles. The van der Waals surface area contributed by atoms with E-state index in [0.29, 0.717) is 43.1 Å². The number of benzene rings is 5. The minimum Gasteiger partial charge on any atom is -0.368 e. The Morgan fingerprint density at radius 1 is 0.620 bits per heavy atom. The second kappa shape index (κ2) is 16.5. The third-order valence-electron chi connectivity index (χ3n) is 9.86. The fraction of sp³-hybridized carbons (Fsp3) is 0.318. The maximum Gasteiger partial charge on any atom is 0.223 e. The van der Waals surface area contributed by atoms with E-state index < -0.39 is 29.7 Å². The normalized spacial score (nSPS) is 21.6. The Bertz CT molecular complexity index is 1780. The number of rotatable bonds is 14. The Kier molecular flexibility index (Phi) is 11.9. The fourth-order valence-electron chi connectivity index (χ4n) is 6.90. The minimum absolute atomic E-state index is 0.239. The van der Waals surface area contributed by atoms with Gasteiger partial charge in [0.05, 0.1) is 19.8 Å². The Morgan fingerprint density at radius 2 is 1.12 bits per heavy atom. The first-order valence-electron chi connectivity index (χ1n) is 17.6. The Morgan fingerprint density at radius 3 is 1.64 bits per heavy atom. The monoisotopic (exact) mass is 690 g/mol. The first kappa shape index (κ1) is 36.0. The molecule has 0 amide bonds. The van der Waals surface area contributed by atoms with Gasteiger partial charge in [-0.3, -0.25) is 0 Å². The highest BCUT2D eigenvalue weighted by atomic mass is 35.5. The summed E-state index contributed by atoms with van der Waals surface area (Å²) in [5.74, 6) is -1.90. The van der Waals surface area contributed by atoms with Crippen molar-refractivity contribution in [3.63, 3.8) is 0 Å². The summed E-state index contributed by atoms with van der Waals surface area (Å²) in [6.07, 6.45) is -0.495. The van der Waals surface area contributed by atoms with E-state index in [1.54, 1.807) is 0 Å². The van der Waals surface area contributed by atoms with Gasteiger partial charge < -0.3 is 24.1 Å². The highest BCUT2D eigenvalue weighted by Crippen LogP contribution is 2.48. The van der Waals surface area contributed by atoms with Crippen LogP contribution in [-0.4, -0.2) is 29.0 Å². The fourth-order valence-corrected chi connectivity index (χ4v) is 7.09. The zero-order chi connectivity index (χ0) is 35.0. The standard InChI is InChI=1S/C44H47ClO5/c1-4-43(5-2)41(48-30-35-17-11-7-12-18-35)40(47-29-34-15-9-6-10-16-34)42(49-31-36-19-13-8-14-20-36)44(46,50-43)38-25-26-39(45)37(28-38)27-33-23-21-32(3)22-24-33/h6-26,28,40-42,46H,4-5,27,29-31H2,1-3H3/t40-,41-,42?,44?/m0/s1. The largest absolute Gasteiger partial charge is 0.368 e. The van der Waals surface area contributed by atoms with Crippen molar-refractivity contribution in [2.75, 3.05) is 0 Å². The smallest absolute Gasteiger partial charge is 0.223 e. The van der Waals surface area contributed by atoms with Crippen molar-refractivity contribution in [3.05, 3.63) is 177 Å². The van der Waals surface area contributed by atoms with Crippen LogP contribution in [0.1, 0.15) is 65.6 Å². The lowest BCUT2D eigenvalue weighted by molar-refractivity contribution is -0.404. The third kappa shape index (κ3) is 8.21. The second-order valence-electron chi connectivity index (χ2n) is 13.2. The molecule has 1 saturated heterocycles. The summed E-state index contributed by atoms with van der Waals surface area (Å²) in [6.45, 7) is 7.13. The molecule has 6 rings (SSSR count). The molecular weight excluding hydrogens is 644 g/mol. The van der Waals surface area contributed by atoms with Gasteiger partial charge in [-0.05, 0) is 66.1 Å². The molecule has 0 saturated carbocycles. The summed E-state index contributed by atoms with van der Waals surface area (Å²) in [5.41, 5.74) is 5.87. The van der Waals surface area contributed by atoms with E-state index in [2.05, 4.69) is 45.0 Å². The SMILES string of the molecule is CCC1(CC)OC(O)(c2ccc(Cl)c(Cc3ccc(C)cc3)c2)C(OCc2ccccc2)[C@@H](OCc2ccccc2)[C@@H]1OCc1ccccc1. The molecule has 5 aromatic carbocycles. The van der Waals surface area contributed by atoms with E-state index in [1.807, 2.05) is 109 Å². The lowest BCUT2D eigenvalue weighted by atomic mass is 9.77. The predicted octanol–water partition coefficient (Wildman–Crippen LogP) is 9.73. The van der Waals surface area contributed by atoms with Crippen molar-refractivity contribution in [2.24, 2.45) is 0 Å². The zero-order valence-electron chi connectivity index (χ0n) is 29.1. The lowest BCUT2D eigenvalue weighted by Gasteiger charge is -2.56. The average molecular weight is 691 g/mol. The van der Waals surface area contributed by atoms with Gasteiger partial charge in [0.25, 0.3) is 0 Å². The predicted molar refractivity (Wildman–Crippen MR) is 199 cm³/mol. The maximum atomic E-state index is 13.1. The maximum absolute atomic E-state index is 13.1. The van der Waals surface area contributed by atoms with Crippen molar-refractivity contribution in [1.82, 2.24) is 0 Å². The summed E-state index contributed by atoms with van der Waals surface area (Å²) < 4.78 is 27.6. The van der Waals surface area contributed by atoms with Crippen LogP contribution in [0.5, 0.6) is 0 Å². The molecule has 0 aliphatic carbocycles. The highest BCUT2D eigenvalue weighted by Gasteiger charge is 2.62. The first-order valence-corrected chi connectivity index (χ1v) is 17.9. The van der Waals surface area contributed by atoms with Crippen molar-refractivity contribution in [1.29, 1.82) is 0 Å². The molecule has 1 aliphatic rings. The van der Waals surface area contributed by atoms with Gasteiger partial charge in [-0.25, -0.2) is 0 Å². The molecule has 50 heavy (non-hydrogen) atoms. The number of ether oxygens (including phenoxy) is 4. The molecule has 5 aromatic rings. The summed E-state index contributed by atoms with van der Waals surface area (Å²) in [4.78, 5) is 0. The lowest BCUT2D eigenvalue weighted by Crippen LogP contribution is -2.69. The topological polar surface area (TPSA) is 57.2 Å². The summed E-state index contributed by atoms with van der Waals surface area (Å²) in [5, 5.41) is 13.8. The molecule has 1 N–H and O–H groups in total. The van der Waals surface area contributed by atoms with E-state index in [4.69, 9.17) is 30.5 Å². The van der Waals surface area contributed by atoms with Crippen LogP contribution in [-0.2, 0) is 51.0 Å². The van der Waals surface area contributed by atoms with E-state index in [0.717, 1.165) is 27.8 Å². The van der Waals surface area contributed by atoms with Gasteiger partial charge in [0, 0.05) is 10.6 Å². The van der Waals surface area contributed by atoms with Crippen LogP contribution in [0.3, 0.4) is 0 Å². The molecule has 0 bridgehead atoms. The van der Waals surface area contributed by atoms with Crippen LogP contribution < -0.4 is 0 Å². The summed E-state index contributed by atoms with van der Waals surface area (Å²) in [6, 6.07) is 44.2. The first-order chi connectivity index (χ1) is 24.3. The number of aliphatic hydroxyl groups is 1. The average Bonchev–Trinajstić information content (AvgIpc) is 3.15.